The lowest BCUT2D eigenvalue weighted by molar-refractivity contribution is -0.402. The van der Waals surface area contributed by atoms with Gasteiger partial charge in [0.15, 0.2) is 5.76 Å². The van der Waals surface area contributed by atoms with Crippen LogP contribution in [0.1, 0.15) is 29.5 Å². The Morgan fingerprint density at radius 2 is 2.12 bits per heavy atom. The number of furan rings is 1. The van der Waals surface area contributed by atoms with E-state index in [2.05, 4.69) is 5.32 Å². The van der Waals surface area contributed by atoms with Gasteiger partial charge in [-0.05, 0) is 43.2 Å². The molecular weight excluding hydrogens is 314 g/mol. The van der Waals surface area contributed by atoms with Gasteiger partial charge in [0.2, 0.25) is 5.91 Å². The van der Waals surface area contributed by atoms with Crippen molar-refractivity contribution in [3.63, 3.8) is 0 Å². The van der Waals surface area contributed by atoms with E-state index in [1.54, 1.807) is 23.1 Å². The molecule has 2 heterocycles. The molecule has 2 aromatic rings. The van der Waals surface area contributed by atoms with Crippen molar-refractivity contribution >= 4 is 29.1 Å². The number of rotatable bonds is 4. The molecule has 0 atom stereocenters. The van der Waals surface area contributed by atoms with E-state index in [0.29, 0.717) is 25.1 Å². The highest BCUT2D eigenvalue weighted by Crippen LogP contribution is 2.30. The van der Waals surface area contributed by atoms with Crippen LogP contribution in [0.2, 0.25) is 0 Å². The summed E-state index contributed by atoms with van der Waals surface area (Å²) in [4.78, 5) is 35.6. The SMILES string of the molecule is CCN1C(=O)CCc2cc(NC(=O)c3ccc([N+](=O)[O-])o3)ccc21. The molecule has 2 amide bonds. The first kappa shape index (κ1) is 15.7. The van der Waals surface area contributed by atoms with Crippen molar-refractivity contribution < 1.29 is 18.9 Å². The first-order chi connectivity index (χ1) is 11.5. The molecule has 1 aliphatic rings. The fraction of sp³-hybridized carbons (Fsp3) is 0.250. The van der Waals surface area contributed by atoms with E-state index >= 15 is 0 Å². The molecule has 1 N–H and O–H groups in total. The summed E-state index contributed by atoms with van der Waals surface area (Å²) in [7, 11) is 0. The van der Waals surface area contributed by atoms with Crippen LogP contribution >= 0.6 is 0 Å². The van der Waals surface area contributed by atoms with Gasteiger partial charge in [0.1, 0.15) is 4.92 Å². The summed E-state index contributed by atoms with van der Waals surface area (Å²) in [5.41, 5.74) is 2.36. The molecule has 124 valence electrons. The minimum Gasteiger partial charge on any atom is -0.395 e. The average Bonchev–Trinajstić information content (AvgIpc) is 3.05. The molecular formula is C16H15N3O5. The number of carbonyl (C=O) groups excluding carboxylic acids is 2. The Hall–Kier alpha value is -3.16. The highest BCUT2D eigenvalue weighted by Gasteiger charge is 2.23. The van der Waals surface area contributed by atoms with E-state index in [9.17, 15) is 19.7 Å². The molecule has 24 heavy (non-hydrogen) atoms. The average molecular weight is 329 g/mol. The third-order valence-corrected chi connectivity index (χ3v) is 3.85. The van der Waals surface area contributed by atoms with Crippen molar-refractivity contribution in [2.24, 2.45) is 0 Å². The lowest BCUT2D eigenvalue weighted by atomic mass is 10.0. The molecule has 0 unspecified atom stereocenters. The van der Waals surface area contributed by atoms with E-state index < -0.39 is 16.7 Å². The van der Waals surface area contributed by atoms with Crippen LogP contribution in [0, 0.1) is 10.1 Å². The first-order valence-corrected chi connectivity index (χ1v) is 7.48. The van der Waals surface area contributed by atoms with Gasteiger partial charge >= 0.3 is 5.88 Å². The Bertz CT molecular complexity index is 827. The van der Waals surface area contributed by atoms with E-state index in [4.69, 9.17) is 4.42 Å². The lowest BCUT2D eigenvalue weighted by Crippen LogP contribution is -2.34. The summed E-state index contributed by atoms with van der Waals surface area (Å²) < 4.78 is 4.88. The zero-order chi connectivity index (χ0) is 17.3. The summed E-state index contributed by atoms with van der Waals surface area (Å²) >= 11 is 0. The number of nitrogens with one attached hydrogen (secondary N) is 1. The number of benzene rings is 1. The van der Waals surface area contributed by atoms with Gasteiger partial charge < -0.3 is 14.6 Å². The lowest BCUT2D eigenvalue weighted by Gasteiger charge is -2.28. The van der Waals surface area contributed by atoms with Crippen molar-refractivity contribution in [2.75, 3.05) is 16.8 Å². The second-order valence-electron chi connectivity index (χ2n) is 5.33. The molecule has 0 bridgehead atoms. The zero-order valence-electron chi connectivity index (χ0n) is 12.9. The minimum absolute atomic E-state index is 0.0877. The third kappa shape index (κ3) is 2.85. The van der Waals surface area contributed by atoms with E-state index in [1.807, 2.05) is 6.92 Å². The number of nitrogens with zero attached hydrogens (tertiary/aromatic N) is 2. The molecule has 0 spiro atoms. The smallest absolute Gasteiger partial charge is 0.395 e. The van der Waals surface area contributed by atoms with Gasteiger partial charge in [-0.1, -0.05) is 0 Å². The first-order valence-electron chi connectivity index (χ1n) is 7.48. The predicted octanol–water partition coefficient (Wildman–Crippen LogP) is 2.74. The highest BCUT2D eigenvalue weighted by atomic mass is 16.6. The van der Waals surface area contributed by atoms with Gasteiger partial charge in [-0.25, -0.2) is 0 Å². The maximum Gasteiger partial charge on any atom is 0.433 e. The molecule has 1 aromatic heterocycles. The molecule has 1 aliphatic heterocycles. The molecule has 3 rings (SSSR count). The number of hydrogen-bond acceptors (Lipinski definition) is 5. The van der Waals surface area contributed by atoms with E-state index in [-0.39, 0.29) is 11.7 Å². The summed E-state index contributed by atoms with van der Waals surface area (Å²) in [5, 5.41) is 13.2. The molecule has 0 aliphatic carbocycles. The Morgan fingerprint density at radius 3 is 2.79 bits per heavy atom. The van der Waals surface area contributed by atoms with Crippen LogP contribution in [0.15, 0.2) is 34.7 Å². The number of fused-ring (bicyclic) bond motifs is 1. The second-order valence-corrected chi connectivity index (χ2v) is 5.33. The quantitative estimate of drug-likeness (QED) is 0.686. The molecule has 0 radical (unpaired) electrons. The minimum atomic E-state index is -0.702. The molecule has 8 nitrogen and oxygen atoms in total. The number of carbonyl (C=O) groups is 2. The van der Waals surface area contributed by atoms with Gasteiger partial charge in [0.25, 0.3) is 5.91 Å². The standard InChI is InChI=1S/C16H15N3O5/c1-2-18-12-5-4-11(9-10(12)3-7-14(18)20)17-16(21)13-6-8-15(24-13)19(22)23/h4-6,8-9H,2-3,7H2,1H3,(H,17,21). The normalized spacial score (nSPS) is 13.5. The number of hydrogen-bond donors (Lipinski definition) is 1. The third-order valence-electron chi connectivity index (χ3n) is 3.85. The number of aryl methyl sites for hydroxylation is 1. The molecule has 0 saturated carbocycles. The fourth-order valence-corrected chi connectivity index (χ4v) is 2.72. The summed E-state index contributed by atoms with van der Waals surface area (Å²) in [5.74, 6) is -1.10. The van der Waals surface area contributed by atoms with Crippen LogP contribution in [0.3, 0.4) is 0 Å². The van der Waals surface area contributed by atoms with Crippen molar-refractivity contribution in [1.82, 2.24) is 0 Å². The van der Waals surface area contributed by atoms with Gasteiger partial charge in [-0.15, -0.1) is 0 Å². The zero-order valence-corrected chi connectivity index (χ0v) is 12.9. The van der Waals surface area contributed by atoms with Crippen LogP contribution in [-0.2, 0) is 11.2 Å². The monoisotopic (exact) mass is 329 g/mol. The van der Waals surface area contributed by atoms with Crippen LogP contribution in [-0.4, -0.2) is 23.3 Å². The molecule has 0 saturated heterocycles. The van der Waals surface area contributed by atoms with Crippen molar-refractivity contribution in [1.29, 1.82) is 0 Å². The Balaban J connectivity index is 1.79. The molecule has 1 aromatic carbocycles. The summed E-state index contributed by atoms with van der Waals surface area (Å²) in [6.45, 7) is 2.50. The Labute approximate surface area is 137 Å². The van der Waals surface area contributed by atoms with Gasteiger partial charge in [-0.2, -0.15) is 0 Å². The maximum atomic E-state index is 12.1. The maximum absolute atomic E-state index is 12.1. The predicted molar refractivity (Wildman–Crippen MR) is 86.1 cm³/mol. The fourth-order valence-electron chi connectivity index (χ4n) is 2.72. The van der Waals surface area contributed by atoms with Gasteiger partial charge in [0.05, 0.1) is 6.07 Å². The van der Waals surface area contributed by atoms with Crippen molar-refractivity contribution in [3.8, 4) is 0 Å². The van der Waals surface area contributed by atoms with Crippen molar-refractivity contribution in [3.05, 3.63) is 51.8 Å². The Morgan fingerprint density at radius 1 is 1.33 bits per heavy atom. The second kappa shape index (κ2) is 6.15. The van der Waals surface area contributed by atoms with Crippen LogP contribution in [0.5, 0.6) is 0 Å². The van der Waals surface area contributed by atoms with Crippen LogP contribution in [0.25, 0.3) is 0 Å². The highest BCUT2D eigenvalue weighted by molar-refractivity contribution is 6.03. The number of anilines is 2. The number of nitro groups is 1. The Kier molecular flexibility index (Phi) is 4.03. The van der Waals surface area contributed by atoms with Gasteiger partial charge in [-0.3, -0.25) is 19.7 Å². The van der Waals surface area contributed by atoms with Crippen LogP contribution < -0.4 is 10.2 Å². The van der Waals surface area contributed by atoms with Crippen molar-refractivity contribution in [2.45, 2.75) is 19.8 Å². The van der Waals surface area contributed by atoms with E-state index in [1.165, 1.54) is 6.07 Å². The van der Waals surface area contributed by atoms with Crippen LogP contribution in [0.4, 0.5) is 17.3 Å². The number of amides is 2. The molecule has 8 heteroatoms. The largest absolute Gasteiger partial charge is 0.433 e. The molecule has 0 fully saturated rings. The summed E-state index contributed by atoms with van der Waals surface area (Å²) in [6.07, 6.45) is 1.04. The van der Waals surface area contributed by atoms with Gasteiger partial charge in [0, 0.05) is 24.3 Å². The topological polar surface area (TPSA) is 106 Å². The summed E-state index contributed by atoms with van der Waals surface area (Å²) in [6, 6.07) is 7.67. The van der Waals surface area contributed by atoms with E-state index in [0.717, 1.165) is 17.3 Å².